The van der Waals surface area contributed by atoms with Gasteiger partial charge in [-0.1, -0.05) is 12.2 Å². The maximum absolute atomic E-state index is 13.3. The summed E-state index contributed by atoms with van der Waals surface area (Å²) >= 11 is 4.89. The van der Waals surface area contributed by atoms with Crippen molar-refractivity contribution in [2.75, 3.05) is 0 Å². The lowest BCUT2D eigenvalue weighted by Gasteiger charge is -2.16. The van der Waals surface area contributed by atoms with Crippen LogP contribution in [0.5, 0.6) is 0 Å². The van der Waals surface area contributed by atoms with E-state index in [9.17, 15) is 9.18 Å². The third kappa shape index (κ3) is 2.76. The van der Waals surface area contributed by atoms with E-state index in [4.69, 9.17) is 18.0 Å². The average molecular weight is 253 g/mol. The van der Waals surface area contributed by atoms with Gasteiger partial charge in [0.25, 0.3) is 5.91 Å². The Morgan fingerprint density at radius 2 is 2.35 bits per heavy atom. The van der Waals surface area contributed by atoms with Crippen molar-refractivity contribution in [1.82, 2.24) is 10.3 Å². The molecule has 1 heterocycles. The van der Waals surface area contributed by atoms with Crippen LogP contribution in [0.1, 0.15) is 23.2 Å². The highest BCUT2D eigenvalue weighted by atomic mass is 32.1. The van der Waals surface area contributed by atoms with Gasteiger partial charge < -0.3 is 11.1 Å². The molecule has 0 spiro atoms. The van der Waals surface area contributed by atoms with Crippen LogP contribution in [0.4, 0.5) is 4.39 Å². The molecule has 4 nitrogen and oxygen atoms in total. The van der Waals surface area contributed by atoms with E-state index in [1.807, 2.05) is 0 Å². The van der Waals surface area contributed by atoms with E-state index in [0.717, 1.165) is 19.0 Å². The van der Waals surface area contributed by atoms with Crippen molar-refractivity contribution in [2.45, 2.75) is 18.9 Å². The fourth-order valence-electron chi connectivity index (χ4n) is 1.63. The molecule has 1 unspecified atom stereocenters. The summed E-state index contributed by atoms with van der Waals surface area (Å²) in [7, 11) is 0. The number of rotatable bonds is 4. The van der Waals surface area contributed by atoms with Gasteiger partial charge in [0, 0.05) is 6.20 Å². The Bertz CT molecular complexity index is 462. The highest BCUT2D eigenvalue weighted by Gasteiger charge is 2.34. The first-order chi connectivity index (χ1) is 8.09. The average Bonchev–Trinajstić information content (AvgIpc) is 3.09. The molecule has 0 radical (unpaired) electrons. The second-order valence-corrected chi connectivity index (χ2v) is 4.52. The molecule has 1 aromatic rings. The Hall–Kier alpha value is -1.56. The molecular formula is C11H12FN3OS. The van der Waals surface area contributed by atoms with Crippen molar-refractivity contribution >= 4 is 23.1 Å². The summed E-state index contributed by atoms with van der Waals surface area (Å²) in [5.41, 5.74) is 5.51. The topological polar surface area (TPSA) is 68.0 Å². The molecule has 90 valence electrons. The summed E-state index contributed by atoms with van der Waals surface area (Å²) in [4.78, 5) is 15.6. The van der Waals surface area contributed by atoms with Gasteiger partial charge in [-0.2, -0.15) is 0 Å². The van der Waals surface area contributed by atoms with Gasteiger partial charge >= 0.3 is 0 Å². The van der Waals surface area contributed by atoms with Crippen LogP contribution in [0.25, 0.3) is 0 Å². The quantitative estimate of drug-likeness (QED) is 0.786. The van der Waals surface area contributed by atoms with Crippen molar-refractivity contribution in [3.8, 4) is 0 Å². The molecule has 1 saturated carbocycles. The predicted octanol–water partition coefficient (Wildman–Crippen LogP) is 1.02. The molecule has 2 rings (SSSR count). The minimum atomic E-state index is -0.650. The summed E-state index contributed by atoms with van der Waals surface area (Å²) in [6, 6.07) is 0.985. The van der Waals surface area contributed by atoms with Crippen molar-refractivity contribution in [2.24, 2.45) is 11.7 Å². The van der Waals surface area contributed by atoms with Crippen LogP contribution in [-0.4, -0.2) is 21.9 Å². The molecular weight excluding hydrogens is 241 g/mol. The molecule has 6 heteroatoms. The summed E-state index contributed by atoms with van der Waals surface area (Å²) in [5.74, 6) is -0.863. The fraction of sp³-hybridized carbons (Fsp3) is 0.364. The second-order valence-electron chi connectivity index (χ2n) is 4.05. The molecule has 1 aliphatic carbocycles. The lowest BCUT2D eigenvalue weighted by molar-refractivity contribution is 0.0939. The Balaban J connectivity index is 2.10. The molecule has 1 aliphatic rings. The van der Waals surface area contributed by atoms with Gasteiger partial charge in [-0.25, -0.2) is 4.39 Å². The number of nitrogens with two attached hydrogens (primary N) is 1. The molecule has 0 saturated heterocycles. The lowest BCUT2D eigenvalue weighted by Crippen LogP contribution is -2.45. The first-order valence-corrected chi connectivity index (χ1v) is 5.70. The van der Waals surface area contributed by atoms with Crippen molar-refractivity contribution in [1.29, 1.82) is 0 Å². The number of amides is 1. The molecule has 1 atom stereocenters. The maximum atomic E-state index is 13.3. The standard InChI is InChI=1S/C11H12FN3OS/c12-8-5-14-4-3-7(8)11(16)15-9(10(13)17)6-1-2-6/h3-6,9H,1-2H2,(H2,13,17)(H,15,16). The van der Waals surface area contributed by atoms with Crippen molar-refractivity contribution in [3.63, 3.8) is 0 Å². The van der Waals surface area contributed by atoms with Gasteiger partial charge in [-0.05, 0) is 24.8 Å². The van der Waals surface area contributed by atoms with Crippen molar-refractivity contribution in [3.05, 3.63) is 29.8 Å². The van der Waals surface area contributed by atoms with Crippen LogP contribution < -0.4 is 11.1 Å². The number of carbonyl (C=O) groups excluding carboxylic acids is 1. The Morgan fingerprint density at radius 3 is 2.88 bits per heavy atom. The third-order valence-corrected chi connectivity index (χ3v) is 2.96. The lowest BCUT2D eigenvalue weighted by atomic mass is 10.1. The predicted molar refractivity (Wildman–Crippen MR) is 65.0 cm³/mol. The largest absolute Gasteiger partial charge is 0.392 e. The summed E-state index contributed by atoms with van der Waals surface area (Å²) in [6.07, 6.45) is 4.34. The number of nitrogens with one attached hydrogen (secondary N) is 1. The van der Waals surface area contributed by atoms with Gasteiger partial charge in [0.2, 0.25) is 0 Å². The number of pyridine rings is 1. The number of hydrogen-bond donors (Lipinski definition) is 2. The van der Waals surface area contributed by atoms with E-state index < -0.39 is 11.7 Å². The summed E-state index contributed by atoms with van der Waals surface area (Å²) in [6.45, 7) is 0. The Morgan fingerprint density at radius 1 is 1.65 bits per heavy atom. The highest BCUT2D eigenvalue weighted by molar-refractivity contribution is 7.80. The summed E-state index contributed by atoms with van der Waals surface area (Å²) in [5, 5.41) is 2.66. The first kappa shape index (κ1) is 11.9. The SMILES string of the molecule is NC(=S)C(NC(=O)c1ccncc1F)C1CC1. The van der Waals surface area contributed by atoms with Crippen LogP contribution in [0, 0.1) is 11.7 Å². The van der Waals surface area contributed by atoms with Crippen LogP contribution in [0.15, 0.2) is 18.5 Å². The monoisotopic (exact) mass is 253 g/mol. The zero-order valence-electron chi connectivity index (χ0n) is 9.02. The van der Waals surface area contributed by atoms with Gasteiger partial charge in [-0.3, -0.25) is 9.78 Å². The van der Waals surface area contributed by atoms with E-state index in [-0.39, 0.29) is 16.6 Å². The molecule has 3 N–H and O–H groups in total. The van der Waals surface area contributed by atoms with Crippen LogP contribution in [0.3, 0.4) is 0 Å². The van der Waals surface area contributed by atoms with Crippen LogP contribution in [-0.2, 0) is 0 Å². The number of hydrogen-bond acceptors (Lipinski definition) is 3. The molecule has 0 aromatic carbocycles. The van der Waals surface area contributed by atoms with E-state index >= 15 is 0 Å². The Labute approximate surface area is 103 Å². The minimum absolute atomic E-state index is 0.0399. The number of halogens is 1. The van der Waals surface area contributed by atoms with Crippen LogP contribution >= 0.6 is 12.2 Å². The van der Waals surface area contributed by atoms with E-state index in [2.05, 4.69) is 10.3 Å². The Kier molecular flexibility index (Phi) is 3.33. The molecule has 1 fully saturated rings. The number of thiocarbonyl (C=S) groups is 1. The number of aromatic nitrogens is 1. The zero-order valence-corrected chi connectivity index (χ0v) is 9.84. The van der Waals surface area contributed by atoms with Gasteiger partial charge in [0.05, 0.1) is 22.8 Å². The van der Waals surface area contributed by atoms with E-state index in [0.29, 0.717) is 5.92 Å². The highest BCUT2D eigenvalue weighted by Crippen LogP contribution is 2.32. The fourth-order valence-corrected chi connectivity index (χ4v) is 1.88. The third-order valence-electron chi connectivity index (χ3n) is 2.70. The molecule has 0 aliphatic heterocycles. The molecule has 17 heavy (non-hydrogen) atoms. The van der Waals surface area contributed by atoms with E-state index in [1.54, 1.807) is 0 Å². The smallest absolute Gasteiger partial charge is 0.254 e. The van der Waals surface area contributed by atoms with E-state index in [1.165, 1.54) is 12.3 Å². The molecule has 1 aromatic heterocycles. The molecule has 0 bridgehead atoms. The minimum Gasteiger partial charge on any atom is -0.392 e. The number of nitrogens with zero attached hydrogens (tertiary/aromatic N) is 1. The normalized spacial score (nSPS) is 16.3. The summed E-state index contributed by atoms with van der Waals surface area (Å²) < 4.78 is 13.3. The molecule has 1 amide bonds. The van der Waals surface area contributed by atoms with Gasteiger partial charge in [0.1, 0.15) is 0 Å². The number of carbonyl (C=O) groups is 1. The first-order valence-electron chi connectivity index (χ1n) is 5.29. The van der Waals surface area contributed by atoms with Crippen LogP contribution in [0.2, 0.25) is 0 Å². The van der Waals surface area contributed by atoms with Gasteiger partial charge in [-0.15, -0.1) is 0 Å². The second kappa shape index (κ2) is 4.75. The van der Waals surface area contributed by atoms with Crippen molar-refractivity contribution < 1.29 is 9.18 Å². The van der Waals surface area contributed by atoms with Gasteiger partial charge in [0.15, 0.2) is 5.82 Å². The zero-order chi connectivity index (χ0) is 12.4. The maximum Gasteiger partial charge on any atom is 0.254 e.